The number of hydrogen-bond acceptors (Lipinski definition) is 6. The second-order valence-electron chi connectivity index (χ2n) is 6.83. The van der Waals surface area contributed by atoms with Gasteiger partial charge in [-0.3, -0.25) is 0 Å². The van der Waals surface area contributed by atoms with Gasteiger partial charge < -0.3 is 15.2 Å². The van der Waals surface area contributed by atoms with Crippen molar-refractivity contribution >= 4 is 23.5 Å². The minimum atomic E-state index is 0.0835. The fourth-order valence-electron chi connectivity index (χ4n) is 3.12. The monoisotopic (exact) mass is 373 g/mol. The normalized spacial score (nSPS) is 11.4. The van der Waals surface area contributed by atoms with Gasteiger partial charge in [0.25, 0.3) is 0 Å². The Morgan fingerprint density at radius 1 is 1.14 bits per heavy atom. The summed E-state index contributed by atoms with van der Waals surface area (Å²) in [4.78, 5) is 14.3. The van der Waals surface area contributed by atoms with Crippen LogP contribution in [0.15, 0.2) is 30.3 Å². The second-order valence-corrected chi connectivity index (χ2v) is 6.83. The molecule has 0 atom stereocenters. The van der Waals surface area contributed by atoms with Gasteiger partial charge >= 0.3 is 0 Å². The van der Waals surface area contributed by atoms with Gasteiger partial charge in [-0.2, -0.15) is 20.2 Å². The summed E-state index contributed by atoms with van der Waals surface area (Å²) in [5, 5.41) is 9.71. The number of aromatic nitrogens is 4. The number of hydrogen-bond donors (Lipinski definition) is 1. The molecule has 0 radical (unpaired) electrons. The lowest BCUT2D eigenvalue weighted by atomic mass is 10.1. The Labute approximate surface area is 164 Å². The first-order chi connectivity index (χ1) is 13.3. The van der Waals surface area contributed by atoms with E-state index < -0.39 is 0 Å². The van der Waals surface area contributed by atoms with Gasteiger partial charge in [-0.1, -0.05) is 18.2 Å². The minimum absolute atomic E-state index is 0.0835. The third kappa shape index (κ3) is 3.58. The largest absolute Gasteiger partial charge is 0.368 e. The maximum Gasteiger partial charge on any atom is 0.230 e. The first kappa shape index (κ1) is 19.1. The lowest BCUT2D eigenvalue weighted by Crippen LogP contribution is -2.15. The number of nitriles is 1. The Hall–Kier alpha value is -3.66. The van der Waals surface area contributed by atoms with Gasteiger partial charge in [0.05, 0.1) is 5.57 Å². The van der Waals surface area contributed by atoms with E-state index in [2.05, 4.69) is 50.7 Å². The average Bonchev–Trinajstić information content (AvgIpc) is 2.93. The fraction of sp³-hybridized carbons (Fsp3) is 0.238. The van der Waals surface area contributed by atoms with Crippen molar-refractivity contribution < 1.29 is 0 Å². The van der Waals surface area contributed by atoms with E-state index in [0.717, 1.165) is 22.6 Å². The van der Waals surface area contributed by atoms with Crippen molar-refractivity contribution in [2.75, 3.05) is 24.7 Å². The van der Waals surface area contributed by atoms with E-state index in [1.165, 1.54) is 5.56 Å². The zero-order valence-corrected chi connectivity index (χ0v) is 16.7. The molecule has 0 aliphatic heterocycles. The SMILES string of the molecule is Cc1ccccc1-n1c(C)cc(C=C(C#N)c2nc(N)nc(N(C)C)n2)c1C. The van der Waals surface area contributed by atoms with Crippen molar-refractivity contribution in [1.82, 2.24) is 19.5 Å². The van der Waals surface area contributed by atoms with Gasteiger partial charge in [-0.15, -0.1) is 0 Å². The van der Waals surface area contributed by atoms with Gasteiger partial charge in [-0.25, -0.2) is 0 Å². The van der Waals surface area contributed by atoms with Crippen LogP contribution >= 0.6 is 0 Å². The quantitative estimate of drug-likeness (QED) is 0.705. The van der Waals surface area contributed by atoms with Crippen molar-refractivity contribution in [2.24, 2.45) is 0 Å². The van der Waals surface area contributed by atoms with Gasteiger partial charge in [0.15, 0.2) is 5.82 Å². The van der Waals surface area contributed by atoms with Crippen LogP contribution < -0.4 is 10.6 Å². The molecule has 7 heteroatoms. The summed E-state index contributed by atoms with van der Waals surface area (Å²) < 4.78 is 2.18. The summed E-state index contributed by atoms with van der Waals surface area (Å²) in [5.74, 6) is 0.758. The summed E-state index contributed by atoms with van der Waals surface area (Å²) in [7, 11) is 3.62. The topological polar surface area (TPSA) is 96.6 Å². The molecule has 3 rings (SSSR count). The predicted molar refractivity (Wildman–Crippen MR) is 112 cm³/mol. The van der Waals surface area contributed by atoms with Gasteiger partial charge in [0.1, 0.15) is 6.07 Å². The third-order valence-electron chi connectivity index (χ3n) is 4.53. The molecule has 28 heavy (non-hydrogen) atoms. The highest BCUT2D eigenvalue weighted by Gasteiger charge is 2.15. The van der Waals surface area contributed by atoms with E-state index in [4.69, 9.17) is 5.73 Å². The zero-order chi connectivity index (χ0) is 20.4. The number of para-hydroxylation sites is 1. The molecule has 0 unspecified atom stereocenters. The van der Waals surface area contributed by atoms with Crippen molar-refractivity contribution in [3.63, 3.8) is 0 Å². The molecule has 0 spiro atoms. The van der Waals surface area contributed by atoms with E-state index in [1.807, 2.05) is 40.1 Å². The predicted octanol–water partition coefficient (Wildman–Crippen LogP) is 3.30. The third-order valence-corrected chi connectivity index (χ3v) is 4.53. The number of nitrogens with zero attached hydrogens (tertiary/aromatic N) is 6. The standard InChI is InChI=1S/C21H23N7/c1-13-8-6-7-9-18(13)28-14(2)10-16(15(28)3)11-17(12-22)19-24-20(23)26-21(25-19)27(4)5/h6-11H,1-5H3,(H2,23,24,25,26). The number of nitrogen functional groups attached to an aromatic ring is 1. The summed E-state index contributed by atoms with van der Waals surface area (Å²) in [6.07, 6.45) is 1.80. The van der Waals surface area contributed by atoms with E-state index in [-0.39, 0.29) is 11.8 Å². The molecular formula is C21H23N7. The molecule has 0 aliphatic rings. The maximum atomic E-state index is 9.71. The molecule has 0 amide bonds. The van der Waals surface area contributed by atoms with Gasteiger partial charge in [0, 0.05) is 31.2 Å². The Bertz CT molecular complexity index is 1100. The molecule has 2 aromatic heterocycles. The highest BCUT2D eigenvalue weighted by molar-refractivity contribution is 5.88. The van der Waals surface area contributed by atoms with Crippen LogP contribution in [0.4, 0.5) is 11.9 Å². The van der Waals surface area contributed by atoms with Crippen molar-refractivity contribution in [3.05, 3.63) is 58.7 Å². The van der Waals surface area contributed by atoms with Crippen LogP contribution in [-0.4, -0.2) is 33.6 Å². The van der Waals surface area contributed by atoms with Crippen LogP contribution in [0.1, 0.15) is 28.3 Å². The van der Waals surface area contributed by atoms with Gasteiger partial charge in [0.2, 0.25) is 11.9 Å². The lowest BCUT2D eigenvalue weighted by molar-refractivity contribution is 0.951. The molecule has 2 heterocycles. The number of anilines is 2. The number of nitrogens with two attached hydrogens (primary N) is 1. The van der Waals surface area contributed by atoms with Gasteiger partial charge in [-0.05, 0) is 50.1 Å². The van der Waals surface area contributed by atoms with Crippen molar-refractivity contribution in [2.45, 2.75) is 20.8 Å². The maximum absolute atomic E-state index is 9.71. The smallest absolute Gasteiger partial charge is 0.230 e. The number of aryl methyl sites for hydroxylation is 2. The molecule has 0 saturated heterocycles. The first-order valence-electron chi connectivity index (χ1n) is 8.87. The summed E-state index contributed by atoms with van der Waals surface area (Å²) in [6.45, 7) is 6.17. The molecule has 0 aliphatic carbocycles. The van der Waals surface area contributed by atoms with Crippen LogP contribution in [0.3, 0.4) is 0 Å². The molecule has 3 aromatic rings. The lowest BCUT2D eigenvalue weighted by Gasteiger charge is -2.12. The van der Waals surface area contributed by atoms with Crippen molar-refractivity contribution in [1.29, 1.82) is 5.26 Å². The van der Waals surface area contributed by atoms with Crippen LogP contribution in [0, 0.1) is 32.1 Å². The van der Waals surface area contributed by atoms with Crippen LogP contribution in [-0.2, 0) is 0 Å². The molecule has 0 fully saturated rings. The summed E-state index contributed by atoms with van der Waals surface area (Å²) in [6, 6.07) is 12.5. The molecule has 142 valence electrons. The highest BCUT2D eigenvalue weighted by atomic mass is 15.3. The molecule has 0 saturated carbocycles. The minimum Gasteiger partial charge on any atom is -0.368 e. The number of allylic oxidation sites excluding steroid dienone is 1. The number of rotatable bonds is 4. The Kier molecular flexibility index (Phi) is 5.14. The fourth-order valence-corrected chi connectivity index (χ4v) is 3.12. The Balaban J connectivity index is 2.12. The summed E-state index contributed by atoms with van der Waals surface area (Å²) >= 11 is 0. The molecule has 0 bridgehead atoms. The molecule has 1 aromatic carbocycles. The first-order valence-corrected chi connectivity index (χ1v) is 8.87. The van der Waals surface area contributed by atoms with E-state index >= 15 is 0 Å². The van der Waals surface area contributed by atoms with Crippen LogP contribution in [0.2, 0.25) is 0 Å². The van der Waals surface area contributed by atoms with E-state index in [0.29, 0.717) is 11.5 Å². The van der Waals surface area contributed by atoms with E-state index in [1.54, 1.807) is 11.0 Å². The van der Waals surface area contributed by atoms with Crippen molar-refractivity contribution in [3.8, 4) is 11.8 Å². The second kappa shape index (κ2) is 7.53. The molecule has 2 N–H and O–H groups in total. The Morgan fingerprint density at radius 3 is 2.50 bits per heavy atom. The zero-order valence-electron chi connectivity index (χ0n) is 16.7. The number of benzene rings is 1. The summed E-state index contributed by atoms with van der Waals surface area (Å²) in [5.41, 5.74) is 11.5. The van der Waals surface area contributed by atoms with E-state index in [9.17, 15) is 5.26 Å². The average molecular weight is 373 g/mol. The highest BCUT2D eigenvalue weighted by Crippen LogP contribution is 2.26. The van der Waals surface area contributed by atoms with Crippen LogP contribution in [0.25, 0.3) is 17.3 Å². The molecule has 7 nitrogen and oxygen atoms in total. The Morgan fingerprint density at radius 2 is 1.86 bits per heavy atom. The van der Waals surface area contributed by atoms with Crippen LogP contribution in [0.5, 0.6) is 0 Å². The molecular weight excluding hydrogens is 350 g/mol.